The molecule has 126 valence electrons. The first kappa shape index (κ1) is 17.3. The molecule has 1 saturated heterocycles. The number of carboxylic acid groups (broad SMARTS) is 1. The summed E-state index contributed by atoms with van der Waals surface area (Å²) in [5.41, 5.74) is 3.14. The highest BCUT2D eigenvalue weighted by Gasteiger charge is 2.33. The minimum Gasteiger partial charge on any atom is -0.480 e. The van der Waals surface area contributed by atoms with Crippen LogP contribution in [0.5, 0.6) is 0 Å². The maximum atomic E-state index is 12.2. The molecule has 1 aliphatic heterocycles. The molecule has 25 heavy (non-hydrogen) atoms. The van der Waals surface area contributed by atoms with Crippen LogP contribution in [-0.2, 0) is 16.0 Å². The lowest BCUT2D eigenvalue weighted by atomic mass is 10.0. The van der Waals surface area contributed by atoms with Gasteiger partial charge in [-0.1, -0.05) is 54.3 Å². The number of pyridine rings is 1. The van der Waals surface area contributed by atoms with Gasteiger partial charge in [0.2, 0.25) is 0 Å². The number of benzene rings is 1. The normalized spacial score (nSPS) is 15.8. The van der Waals surface area contributed by atoms with Gasteiger partial charge in [-0.15, -0.1) is 0 Å². The Labute approximate surface area is 154 Å². The average Bonchev–Trinajstić information content (AvgIpc) is 2.85. The van der Waals surface area contributed by atoms with Gasteiger partial charge in [0.15, 0.2) is 0 Å². The molecular weight excluding hydrogens is 356 g/mol. The van der Waals surface area contributed by atoms with Crippen LogP contribution in [0.3, 0.4) is 0 Å². The Bertz CT molecular complexity index is 848. The van der Waals surface area contributed by atoms with Crippen molar-refractivity contribution in [3.63, 3.8) is 0 Å². The number of carbonyl (C=O) groups is 2. The highest BCUT2D eigenvalue weighted by atomic mass is 32.2. The number of nitrogens with zero attached hydrogens (tertiary/aromatic N) is 2. The summed E-state index contributed by atoms with van der Waals surface area (Å²) in [5, 5.41) is 8.85. The van der Waals surface area contributed by atoms with E-state index in [0.717, 1.165) is 39.8 Å². The summed E-state index contributed by atoms with van der Waals surface area (Å²) in [7, 11) is 0. The van der Waals surface area contributed by atoms with Crippen molar-refractivity contribution in [3.8, 4) is 0 Å². The Hall–Kier alpha value is -2.51. The van der Waals surface area contributed by atoms with Gasteiger partial charge in [-0.3, -0.25) is 19.5 Å². The van der Waals surface area contributed by atoms with Gasteiger partial charge in [0, 0.05) is 12.4 Å². The van der Waals surface area contributed by atoms with Crippen molar-refractivity contribution in [2.75, 3.05) is 6.54 Å². The summed E-state index contributed by atoms with van der Waals surface area (Å²) < 4.78 is 0.270. The van der Waals surface area contributed by atoms with Crippen molar-refractivity contribution in [3.05, 3.63) is 70.4 Å². The van der Waals surface area contributed by atoms with Gasteiger partial charge in [0.25, 0.3) is 5.91 Å². The molecule has 7 heteroatoms. The van der Waals surface area contributed by atoms with Crippen LogP contribution in [0.1, 0.15) is 16.7 Å². The first-order chi connectivity index (χ1) is 12.0. The summed E-state index contributed by atoms with van der Waals surface area (Å²) >= 11 is 6.20. The standard InChI is InChI=1S/C18H14N2O3S2/c21-16(22)11-20-17(23)15(25-18(20)24)9-13-5-3-12(4-6-13)8-14-2-1-7-19-10-14/h1-7,9-10H,8,11H2,(H,21,22)/b15-9-. The van der Waals surface area contributed by atoms with Crippen molar-refractivity contribution in [1.29, 1.82) is 0 Å². The van der Waals surface area contributed by atoms with Crippen LogP contribution < -0.4 is 0 Å². The molecule has 2 heterocycles. The number of hydrogen-bond donors (Lipinski definition) is 1. The number of carbonyl (C=O) groups excluding carboxylic acids is 1. The molecule has 1 aromatic carbocycles. The summed E-state index contributed by atoms with van der Waals surface area (Å²) in [6.45, 7) is -0.411. The molecule has 0 radical (unpaired) electrons. The zero-order valence-electron chi connectivity index (χ0n) is 13.1. The van der Waals surface area contributed by atoms with Gasteiger partial charge in [0.05, 0.1) is 4.91 Å². The van der Waals surface area contributed by atoms with Gasteiger partial charge in [0.1, 0.15) is 10.9 Å². The van der Waals surface area contributed by atoms with E-state index in [-0.39, 0.29) is 10.2 Å². The van der Waals surface area contributed by atoms with Gasteiger partial charge in [-0.2, -0.15) is 0 Å². The van der Waals surface area contributed by atoms with E-state index in [4.69, 9.17) is 17.3 Å². The second kappa shape index (κ2) is 7.58. The fourth-order valence-electron chi connectivity index (χ4n) is 2.39. The van der Waals surface area contributed by atoms with Gasteiger partial charge < -0.3 is 5.11 Å². The molecule has 2 aromatic rings. The Kier molecular flexibility index (Phi) is 5.25. The van der Waals surface area contributed by atoms with E-state index in [1.54, 1.807) is 12.3 Å². The fourth-order valence-corrected chi connectivity index (χ4v) is 3.65. The van der Waals surface area contributed by atoms with Gasteiger partial charge in [-0.05, 0) is 35.3 Å². The number of thioether (sulfide) groups is 1. The summed E-state index contributed by atoms with van der Waals surface area (Å²) in [6.07, 6.45) is 6.10. The third kappa shape index (κ3) is 4.32. The molecule has 5 nitrogen and oxygen atoms in total. The smallest absolute Gasteiger partial charge is 0.323 e. The highest BCUT2D eigenvalue weighted by Crippen LogP contribution is 2.32. The number of aliphatic carboxylic acids is 1. The third-order valence-corrected chi connectivity index (χ3v) is 4.95. The van der Waals surface area contributed by atoms with Crippen molar-refractivity contribution >= 4 is 46.3 Å². The van der Waals surface area contributed by atoms with Crippen LogP contribution in [0.2, 0.25) is 0 Å². The second-order valence-corrected chi connectivity index (χ2v) is 7.12. The molecule has 1 aromatic heterocycles. The number of aromatic nitrogens is 1. The van der Waals surface area contributed by atoms with Crippen LogP contribution in [-0.4, -0.2) is 37.7 Å². The predicted octanol–water partition coefficient (Wildman–Crippen LogP) is 2.96. The monoisotopic (exact) mass is 370 g/mol. The Morgan fingerprint density at radius 1 is 1.24 bits per heavy atom. The molecule has 0 atom stereocenters. The minimum atomic E-state index is -1.09. The number of carboxylic acids is 1. The van der Waals surface area contributed by atoms with Crippen LogP contribution >= 0.6 is 24.0 Å². The van der Waals surface area contributed by atoms with E-state index in [9.17, 15) is 9.59 Å². The Morgan fingerprint density at radius 3 is 2.64 bits per heavy atom. The molecule has 3 rings (SSSR count). The largest absolute Gasteiger partial charge is 0.480 e. The summed E-state index contributed by atoms with van der Waals surface area (Å²) in [4.78, 5) is 28.7. The predicted molar refractivity (Wildman–Crippen MR) is 101 cm³/mol. The molecule has 1 fully saturated rings. The van der Waals surface area contributed by atoms with E-state index < -0.39 is 12.5 Å². The maximum absolute atomic E-state index is 12.2. The van der Waals surface area contributed by atoms with Crippen molar-refractivity contribution in [1.82, 2.24) is 9.88 Å². The molecule has 0 spiro atoms. The SMILES string of the molecule is O=C(O)CN1C(=O)/C(=C/c2ccc(Cc3cccnc3)cc2)SC1=S. The van der Waals surface area contributed by atoms with E-state index in [1.165, 1.54) is 0 Å². The number of hydrogen-bond acceptors (Lipinski definition) is 5. The topological polar surface area (TPSA) is 70.5 Å². The molecule has 1 N–H and O–H groups in total. The molecule has 0 unspecified atom stereocenters. The van der Waals surface area contributed by atoms with Crippen LogP contribution in [0.25, 0.3) is 6.08 Å². The Morgan fingerprint density at radius 2 is 2.00 bits per heavy atom. The first-order valence-electron chi connectivity index (χ1n) is 7.48. The lowest BCUT2D eigenvalue weighted by molar-refractivity contribution is -0.140. The molecule has 0 saturated carbocycles. The first-order valence-corrected chi connectivity index (χ1v) is 8.70. The van der Waals surface area contributed by atoms with Crippen LogP contribution in [0.15, 0.2) is 53.7 Å². The lowest BCUT2D eigenvalue weighted by Gasteiger charge is -2.10. The molecular formula is C18H14N2O3S2. The lowest BCUT2D eigenvalue weighted by Crippen LogP contribution is -2.33. The summed E-state index contributed by atoms with van der Waals surface area (Å²) in [6, 6.07) is 11.8. The minimum absolute atomic E-state index is 0.270. The average molecular weight is 370 g/mol. The third-order valence-electron chi connectivity index (χ3n) is 3.58. The van der Waals surface area contributed by atoms with E-state index in [0.29, 0.717) is 4.91 Å². The molecule has 1 amide bonds. The molecule has 0 aliphatic carbocycles. The number of thiocarbonyl (C=S) groups is 1. The van der Waals surface area contributed by atoms with Crippen molar-refractivity contribution < 1.29 is 14.7 Å². The van der Waals surface area contributed by atoms with Crippen molar-refractivity contribution in [2.24, 2.45) is 0 Å². The van der Waals surface area contributed by atoms with Crippen molar-refractivity contribution in [2.45, 2.75) is 6.42 Å². The van der Waals surface area contributed by atoms with Gasteiger partial charge >= 0.3 is 5.97 Å². The number of rotatable bonds is 5. The van der Waals surface area contributed by atoms with Crippen LogP contribution in [0.4, 0.5) is 0 Å². The van der Waals surface area contributed by atoms with Crippen LogP contribution in [0, 0.1) is 0 Å². The maximum Gasteiger partial charge on any atom is 0.323 e. The molecule has 0 bridgehead atoms. The van der Waals surface area contributed by atoms with E-state index >= 15 is 0 Å². The zero-order chi connectivity index (χ0) is 17.8. The highest BCUT2D eigenvalue weighted by molar-refractivity contribution is 8.26. The van der Waals surface area contributed by atoms with E-state index in [1.807, 2.05) is 42.6 Å². The zero-order valence-corrected chi connectivity index (χ0v) is 14.7. The quantitative estimate of drug-likeness (QED) is 0.645. The van der Waals surface area contributed by atoms with Gasteiger partial charge in [-0.25, -0.2) is 0 Å². The molecule has 1 aliphatic rings. The second-order valence-electron chi connectivity index (χ2n) is 5.44. The Balaban J connectivity index is 1.72. The van der Waals surface area contributed by atoms with E-state index in [2.05, 4.69) is 4.98 Å². The fraction of sp³-hybridized carbons (Fsp3) is 0.111. The number of amides is 1. The summed E-state index contributed by atoms with van der Waals surface area (Å²) in [5.74, 6) is -1.45.